The Bertz CT molecular complexity index is 769. The van der Waals surface area contributed by atoms with Crippen molar-refractivity contribution in [2.75, 3.05) is 26.1 Å². The maximum Gasteiger partial charge on any atom is 0.339 e. The third-order valence-electron chi connectivity index (χ3n) is 3.42. The highest BCUT2D eigenvalue weighted by Crippen LogP contribution is 2.38. The monoisotopic (exact) mass is 391 g/mol. The summed E-state index contributed by atoms with van der Waals surface area (Å²) in [4.78, 5) is 11.9. The summed E-state index contributed by atoms with van der Waals surface area (Å²) < 4.78 is 16.4. The average molecular weight is 392 g/mol. The molecule has 0 aliphatic heterocycles. The van der Waals surface area contributed by atoms with E-state index in [1.165, 1.54) is 6.21 Å². The molecule has 0 saturated carbocycles. The molecular formula is C19H22ClN3O4. The van der Waals surface area contributed by atoms with Crippen LogP contribution < -0.4 is 25.0 Å². The highest BCUT2D eigenvalue weighted by Gasteiger charge is 2.13. The van der Waals surface area contributed by atoms with Gasteiger partial charge in [0, 0.05) is 16.3 Å². The molecule has 0 spiro atoms. The van der Waals surface area contributed by atoms with E-state index in [-0.39, 0.29) is 0 Å². The van der Waals surface area contributed by atoms with Gasteiger partial charge in [-0.1, -0.05) is 18.5 Å². The van der Waals surface area contributed by atoms with Crippen molar-refractivity contribution in [2.45, 2.75) is 13.3 Å². The zero-order chi connectivity index (χ0) is 19.6. The van der Waals surface area contributed by atoms with Gasteiger partial charge in [-0.15, -0.1) is 0 Å². The van der Waals surface area contributed by atoms with E-state index in [9.17, 15) is 4.79 Å². The number of amides is 2. The van der Waals surface area contributed by atoms with Crippen molar-refractivity contribution >= 4 is 29.5 Å². The van der Waals surface area contributed by atoms with Crippen LogP contribution >= 0.6 is 11.6 Å². The summed E-state index contributed by atoms with van der Waals surface area (Å²) in [6, 6.07) is 9.76. The lowest BCUT2D eigenvalue weighted by Crippen LogP contribution is -2.24. The van der Waals surface area contributed by atoms with Gasteiger partial charge in [-0.25, -0.2) is 10.2 Å². The zero-order valence-corrected chi connectivity index (χ0v) is 16.2. The number of anilines is 1. The number of halogens is 1. The van der Waals surface area contributed by atoms with Gasteiger partial charge >= 0.3 is 6.03 Å². The number of nitrogens with zero attached hydrogens (tertiary/aromatic N) is 1. The van der Waals surface area contributed by atoms with Crippen LogP contribution in [0.2, 0.25) is 5.02 Å². The first-order valence-corrected chi connectivity index (χ1v) is 8.69. The second kappa shape index (κ2) is 10.3. The summed E-state index contributed by atoms with van der Waals surface area (Å²) in [6.07, 6.45) is 2.35. The predicted octanol–water partition coefficient (Wildman–Crippen LogP) is 4.30. The molecule has 2 aromatic carbocycles. The SMILES string of the molecule is CCCOc1c(OC)cc(/C=N\NC(=O)Nc2ccc(Cl)cc2)cc1OC. The fraction of sp³-hybridized carbons (Fsp3) is 0.263. The molecule has 144 valence electrons. The summed E-state index contributed by atoms with van der Waals surface area (Å²) in [5.74, 6) is 1.58. The van der Waals surface area contributed by atoms with E-state index in [4.69, 9.17) is 25.8 Å². The topological polar surface area (TPSA) is 81.2 Å². The van der Waals surface area contributed by atoms with E-state index in [1.807, 2.05) is 6.92 Å². The standard InChI is InChI=1S/C19H22ClN3O4/c1-4-9-27-18-16(25-2)10-13(11-17(18)26-3)12-21-23-19(24)22-15-7-5-14(20)6-8-15/h5-8,10-12H,4,9H2,1-3H3,(H2,22,23,24)/b21-12-. The molecule has 27 heavy (non-hydrogen) atoms. The molecule has 0 unspecified atom stereocenters. The van der Waals surface area contributed by atoms with Crippen LogP contribution in [-0.2, 0) is 0 Å². The van der Waals surface area contributed by atoms with E-state index >= 15 is 0 Å². The summed E-state index contributed by atoms with van der Waals surface area (Å²) in [7, 11) is 3.10. The molecule has 2 aromatic rings. The molecule has 0 atom stereocenters. The maximum atomic E-state index is 11.9. The molecule has 0 radical (unpaired) electrons. The molecule has 0 heterocycles. The largest absolute Gasteiger partial charge is 0.493 e. The molecule has 0 aliphatic rings. The van der Waals surface area contributed by atoms with Gasteiger partial charge in [0.25, 0.3) is 0 Å². The van der Waals surface area contributed by atoms with Crippen LogP contribution in [0.3, 0.4) is 0 Å². The van der Waals surface area contributed by atoms with Crippen LogP contribution in [0.1, 0.15) is 18.9 Å². The average Bonchev–Trinajstić information content (AvgIpc) is 2.67. The van der Waals surface area contributed by atoms with E-state index in [2.05, 4.69) is 15.8 Å². The Kier molecular flexibility index (Phi) is 7.76. The molecule has 7 nitrogen and oxygen atoms in total. The lowest BCUT2D eigenvalue weighted by atomic mass is 10.2. The highest BCUT2D eigenvalue weighted by atomic mass is 35.5. The molecule has 2 rings (SSSR count). The van der Waals surface area contributed by atoms with Gasteiger partial charge in [0.1, 0.15) is 0 Å². The summed E-state index contributed by atoms with van der Waals surface area (Å²) in [5.41, 5.74) is 3.68. The smallest absolute Gasteiger partial charge is 0.339 e. The zero-order valence-electron chi connectivity index (χ0n) is 15.4. The van der Waals surface area contributed by atoms with E-state index in [0.29, 0.717) is 40.1 Å². The minimum atomic E-state index is -0.476. The van der Waals surface area contributed by atoms with Crippen molar-refractivity contribution in [3.05, 3.63) is 47.0 Å². The number of methoxy groups -OCH3 is 2. The minimum absolute atomic E-state index is 0.476. The van der Waals surface area contributed by atoms with Crippen molar-refractivity contribution in [3.8, 4) is 17.2 Å². The van der Waals surface area contributed by atoms with Gasteiger partial charge in [-0.3, -0.25) is 0 Å². The minimum Gasteiger partial charge on any atom is -0.493 e. The molecule has 0 aromatic heterocycles. The maximum absolute atomic E-state index is 11.9. The van der Waals surface area contributed by atoms with Crippen molar-refractivity contribution in [1.82, 2.24) is 5.43 Å². The van der Waals surface area contributed by atoms with E-state index < -0.39 is 6.03 Å². The first kappa shape index (κ1) is 20.4. The highest BCUT2D eigenvalue weighted by molar-refractivity contribution is 6.30. The Morgan fingerprint density at radius 2 is 1.78 bits per heavy atom. The Morgan fingerprint density at radius 3 is 2.33 bits per heavy atom. The first-order chi connectivity index (χ1) is 13.1. The molecule has 2 N–H and O–H groups in total. The van der Waals surface area contributed by atoms with Gasteiger partial charge in [0.05, 0.1) is 27.0 Å². The number of carbonyl (C=O) groups is 1. The Labute approximate surface area is 163 Å². The number of hydrazone groups is 1. The van der Waals surface area contributed by atoms with Crippen LogP contribution in [-0.4, -0.2) is 33.1 Å². The van der Waals surface area contributed by atoms with Gasteiger partial charge in [0.2, 0.25) is 5.75 Å². The van der Waals surface area contributed by atoms with Crippen molar-refractivity contribution < 1.29 is 19.0 Å². The number of hydrogen-bond donors (Lipinski definition) is 2. The van der Waals surface area contributed by atoms with Crippen molar-refractivity contribution in [2.24, 2.45) is 5.10 Å². The van der Waals surface area contributed by atoms with Gasteiger partial charge in [-0.2, -0.15) is 5.10 Å². The Balaban J connectivity index is 2.04. The summed E-state index contributed by atoms with van der Waals surface area (Å²) in [6.45, 7) is 2.56. The van der Waals surface area contributed by atoms with E-state index in [0.717, 1.165) is 6.42 Å². The number of nitrogens with one attached hydrogen (secondary N) is 2. The second-order valence-corrected chi connectivity index (χ2v) is 5.87. The molecule has 0 saturated heterocycles. The third kappa shape index (κ3) is 6.07. The number of urea groups is 1. The summed E-state index contributed by atoms with van der Waals surface area (Å²) >= 11 is 5.81. The van der Waals surface area contributed by atoms with Crippen LogP contribution in [0, 0.1) is 0 Å². The number of ether oxygens (including phenoxy) is 3. The number of rotatable bonds is 8. The fourth-order valence-corrected chi connectivity index (χ4v) is 2.30. The Hall–Kier alpha value is -2.93. The lowest BCUT2D eigenvalue weighted by Gasteiger charge is -2.14. The molecule has 0 fully saturated rings. The first-order valence-electron chi connectivity index (χ1n) is 8.31. The predicted molar refractivity (Wildman–Crippen MR) is 107 cm³/mol. The van der Waals surface area contributed by atoms with Gasteiger partial charge in [-0.05, 0) is 42.8 Å². The van der Waals surface area contributed by atoms with Gasteiger partial charge < -0.3 is 19.5 Å². The number of benzene rings is 2. The normalized spacial score (nSPS) is 10.5. The molecular weight excluding hydrogens is 370 g/mol. The van der Waals surface area contributed by atoms with Gasteiger partial charge in [0.15, 0.2) is 11.5 Å². The molecule has 2 amide bonds. The van der Waals surface area contributed by atoms with Crippen LogP contribution in [0.15, 0.2) is 41.5 Å². The molecule has 8 heteroatoms. The third-order valence-corrected chi connectivity index (χ3v) is 3.67. The summed E-state index contributed by atoms with van der Waals surface area (Å²) in [5, 5.41) is 7.16. The Morgan fingerprint density at radius 1 is 1.15 bits per heavy atom. The molecule has 0 aliphatic carbocycles. The quantitative estimate of drug-likeness (QED) is 0.519. The fourth-order valence-electron chi connectivity index (χ4n) is 2.18. The number of carbonyl (C=O) groups excluding carboxylic acids is 1. The van der Waals surface area contributed by atoms with Crippen molar-refractivity contribution in [1.29, 1.82) is 0 Å². The number of hydrogen-bond acceptors (Lipinski definition) is 5. The van der Waals surface area contributed by atoms with Crippen LogP contribution in [0.4, 0.5) is 10.5 Å². The molecule has 0 bridgehead atoms. The van der Waals surface area contributed by atoms with Crippen molar-refractivity contribution in [3.63, 3.8) is 0 Å². The second-order valence-electron chi connectivity index (χ2n) is 5.43. The van der Waals surface area contributed by atoms with Crippen LogP contribution in [0.25, 0.3) is 0 Å². The van der Waals surface area contributed by atoms with E-state index in [1.54, 1.807) is 50.6 Å². The van der Waals surface area contributed by atoms with Crippen LogP contribution in [0.5, 0.6) is 17.2 Å². The lowest BCUT2D eigenvalue weighted by molar-refractivity contribution is 0.252.